The zero-order chi connectivity index (χ0) is 17.2. The molecule has 0 aliphatic rings. The second-order valence-electron chi connectivity index (χ2n) is 5.68. The number of hydrazine groups is 1. The van der Waals surface area contributed by atoms with E-state index < -0.39 is 0 Å². The first-order valence-corrected chi connectivity index (χ1v) is 8.65. The number of rotatable bonds is 9. The van der Waals surface area contributed by atoms with Crippen LogP contribution in [0.3, 0.4) is 0 Å². The van der Waals surface area contributed by atoms with Gasteiger partial charge in [-0.25, -0.2) is 0 Å². The first-order chi connectivity index (χ1) is 11.7. The Bertz CT molecular complexity index is 597. The maximum Gasteiger partial charge on any atom is 0.272 e. The highest BCUT2D eigenvalue weighted by molar-refractivity contribution is 5.94. The molecule has 0 aliphatic heterocycles. The van der Waals surface area contributed by atoms with Crippen LogP contribution < -0.4 is 5.43 Å². The molecule has 0 spiro atoms. The molecule has 0 aromatic heterocycles. The summed E-state index contributed by atoms with van der Waals surface area (Å²) in [7, 11) is 0. The maximum absolute atomic E-state index is 12.8. The lowest BCUT2D eigenvalue weighted by atomic mass is 10.2. The first-order valence-electron chi connectivity index (χ1n) is 8.65. The number of carbonyl (C=O) groups is 1. The van der Waals surface area contributed by atoms with E-state index >= 15 is 0 Å². The number of para-hydroxylation sites is 1. The van der Waals surface area contributed by atoms with Gasteiger partial charge in [0.2, 0.25) is 0 Å². The molecule has 0 aliphatic carbocycles. The highest BCUT2D eigenvalue weighted by Gasteiger charge is 2.15. The van der Waals surface area contributed by atoms with Crippen LogP contribution in [0.4, 0.5) is 5.69 Å². The minimum absolute atomic E-state index is 0.000926. The van der Waals surface area contributed by atoms with Gasteiger partial charge in [0.05, 0.1) is 5.69 Å². The lowest BCUT2D eigenvalue weighted by Crippen LogP contribution is -2.38. The molecule has 0 bridgehead atoms. The van der Waals surface area contributed by atoms with Crippen molar-refractivity contribution in [3.63, 3.8) is 0 Å². The summed E-state index contributed by atoms with van der Waals surface area (Å²) >= 11 is 0. The van der Waals surface area contributed by atoms with E-state index in [1.54, 1.807) is 5.01 Å². The molecular formula is C20H27N3O. The summed E-state index contributed by atoms with van der Waals surface area (Å²) in [4.78, 5) is 15.2. The van der Waals surface area contributed by atoms with Crippen molar-refractivity contribution >= 4 is 11.6 Å². The van der Waals surface area contributed by atoms with Gasteiger partial charge in [-0.2, -0.15) is 0 Å². The summed E-state index contributed by atoms with van der Waals surface area (Å²) in [5, 5.41) is 1.72. The third-order valence-electron chi connectivity index (χ3n) is 4.05. The summed E-state index contributed by atoms with van der Waals surface area (Å²) in [6, 6.07) is 19.2. The predicted octanol–water partition coefficient (Wildman–Crippen LogP) is 3.89. The minimum atomic E-state index is -0.000926. The van der Waals surface area contributed by atoms with Crippen molar-refractivity contribution in [3.05, 3.63) is 66.2 Å². The van der Waals surface area contributed by atoms with Crippen molar-refractivity contribution in [2.24, 2.45) is 0 Å². The van der Waals surface area contributed by atoms with Crippen molar-refractivity contribution in [1.82, 2.24) is 9.91 Å². The van der Waals surface area contributed by atoms with Gasteiger partial charge in [0.25, 0.3) is 5.91 Å². The average Bonchev–Trinajstić information content (AvgIpc) is 2.65. The lowest BCUT2D eigenvalue weighted by molar-refractivity contribution is 0.0787. The Kier molecular flexibility index (Phi) is 7.30. The van der Waals surface area contributed by atoms with E-state index in [1.165, 1.54) is 0 Å². The van der Waals surface area contributed by atoms with Crippen LogP contribution in [0, 0.1) is 0 Å². The summed E-state index contributed by atoms with van der Waals surface area (Å²) in [6.45, 7) is 8.06. The van der Waals surface area contributed by atoms with Gasteiger partial charge in [-0.05, 0) is 50.3 Å². The van der Waals surface area contributed by atoms with Crippen LogP contribution in [-0.4, -0.2) is 42.0 Å². The van der Waals surface area contributed by atoms with Gasteiger partial charge in [0.1, 0.15) is 0 Å². The number of anilines is 1. The lowest BCUT2D eigenvalue weighted by Gasteiger charge is -2.26. The number of carbonyl (C=O) groups excluding carboxylic acids is 1. The molecule has 0 radical (unpaired) electrons. The smallest absolute Gasteiger partial charge is 0.272 e. The Labute approximate surface area is 145 Å². The Hall–Kier alpha value is -2.33. The van der Waals surface area contributed by atoms with Crippen LogP contribution in [-0.2, 0) is 0 Å². The summed E-state index contributed by atoms with van der Waals surface area (Å²) in [5.74, 6) is -0.000926. The Morgan fingerprint density at radius 3 is 2.04 bits per heavy atom. The maximum atomic E-state index is 12.8. The SMILES string of the molecule is CCN(CC)CCCN(Nc1ccccc1)C(=O)c1ccccc1. The fourth-order valence-electron chi connectivity index (χ4n) is 2.61. The van der Waals surface area contributed by atoms with Gasteiger partial charge in [-0.3, -0.25) is 15.2 Å². The van der Waals surface area contributed by atoms with Crippen LogP contribution in [0.15, 0.2) is 60.7 Å². The fourth-order valence-corrected chi connectivity index (χ4v) is 2.61. The molecule has 4 nitrogen and oxygen atoms in total. The molecule has 1 N–H and O–H groups in total. The van der Waals surface area contributed by atoms with E-state index in [1.807, 2.05) is 60.7 Å². The molecular weight excluding hydrogens is 298 g/mol. The van der Waals surface area contributed by atoms with E-state index in [9.17, 15) is 4.79 Å². The Balaban J connectivity index is 2.05. The normalized spacial score (nSPS) is 10.6. The summed E-state index contributed by atoms with van der Waals surface area (Å²) in [6.07, 6.45) is 0.931. The number of nitrogens with zero attached hydrogens (tertiary/aromatic N) is 2. The molecule has 4 heteroatoms. The van der Waals surface area contributed by atoms with Crippen molar-refractivity contribution in [1.29, 1.82) is 0 Å². The van der Waals surface area contributed by atoms with Crippen LogP contribution in [0.25, 0.3) is 0 Å². The van der Waals surface area contributed by atoms with E-state index in [2.05, 4.69) is 24.2 Å². The van der Waals surface area contributed by atoms with Gasteiger partial charge in [-0.1, -0.05) is 50.2 Å². The number of hydrogen-bond acceptors (Lipinski definition) is 3. The summed E-state index contributed by atoms with van der Waals surface area (Å²) in [5.41, 5.74) is 4.87. The largest absolute Gasteiger partial charge is 0.304 e. The van der Waals surface area contributed by atoms with Gasteiger partial charge in [0.15, 0.2) is 0 Å². The third-order valence-corrected chi connectivity index (χ3v) is 4.05. The number of nitrogens with one attached hydrogen (secondary N) is 1. The second kappa shape index (κ2) is 9.73. The zero-order valence-corrected chi connectivity index (χ0v) is 14.6. The van der Waals surface area contributed by atoms with Crippen LogP contribution in [0.2, 0.25) is 0 Å². The Morgan fingerprint density at radius 1 is 0.875 bits per heavy atom. The molecule has 1 amide bonds. The third kappa shape index (κ3) is 5.39. The Morgan fingerprint density at radius 2 is 1.46 bits per heavy atom. The average molecular weight is 325 g/mol. The van der Waals surface area contributed by atoms with Crippen LogP contribution in [0.1, 0.15) is 30.6 Å². The molecule has 0 saturated heterocycles. The highest BCUT2D eigenvalue weighted by Crippen LogP contribution is 2.11. The first kappa shape index (κ1) is 18.0. The van der Waals surface area contributed by atoms with Crippen molar-refractivity contribution < 1.29 is 4.79 Å². The topological polar surface area (TPSA) is 35.6 Å². The molecule has 0 heterocycles. The molecule has 0 fully saturated rings. The van der Waals surface area contributed by atoms with Crippen molar-refractivity contribution in [2.45, 2.75) is 20.3 Å². The van der Waals surface area contributed by atoms with Crippen molar-refractivity contribution in [2.75, 3.05) is 31.6 Å². The van der Waals surface area contributed by atoms with Crippen LogP contribution in [0.5, 0.6) is 0 Å². The monoisotopic (exact) mass is 325 g/mol. The fraction of sp³-hybridized carbons (Fsp3) is 0.350. The molecule has 0 unspecified atom stereocenters. The van der Waals surface area contributed by atoms with Crippen LogP contribution >= 0.6 is 0 Å². The molecule has 2 aromatic carbocycles. The minimum Gasteiger partial charge on any atom is -0.304 e. The quantitative estimate of drug-likeness (QED) is 0.711. The molecule has 24 heavy (non-hydrogen) atoms. The predicted molar refractivity (Wildman–Crippen MR) is 99.9 cm³/mol. The molecule has 0 saturated carbocycles. The molecule has 2 rings (SSSR count). The number of amides is 1. The van der Waals surface area contributed by atoms with E-state index in [4.69, 9.17) is 0 Å². The number of benzene rings is 2. The van der Waals surface area contributed by atoms with E-state index in [-0.39, 0.29) is 5.91 Å². The van der Waals surface area contributed by atoms with E-state index in [0.29, 0.717) is 12.1 Å². The van der Waals surface area contributed by atoms with Gasteiger partial charge >= 0.3 is 0 Å². The second-order valence-corrected chi connectivity index (χ2v) is 5.68. The molecule has 2 aromatic rings. The highest BCUT2D eigenvalue weighted by atomic mass is 16.2. The van der Waals surface area contributed by atoms with Gasteiger partial charge < -0.3 is 4.90 Å². The zero-order valence-electron chi connectivity index (χ0n) is 14.6. The summed E-state index contributed by atoms with van der Waals surface area (Å²) < 4.78 is 0. The number of hydrogen-bond donors (Lipinski definition) is 1. The van der Waals surface area contributed by atoms with Gasteiger partial charge in [-0.15, -0.1) is 0 Å². The molecule has 128 valence electrons. The van der Waals surface area contributed by atoms with Crippen molar-refractivity contribution in [3.8, 4) is 0 Å². The van der Waals surface area contributed by atoms with E-state index in [0.717, 1.165) is 31.7 Å². The standard InChI is InChI=1S/C20H27N3O/c1-3-22(4-2)16-11-17-23(21-19-14-9-6-10-15-19)20(24)18-12-7-5-8-13-18/h5-10,12-15,21H,3-4,11,16-17H2,1-2H3. The molecule has 0 atom stereocenters. The van der Waals surface area contributed by atoms with Gasteiger partial charge in [0, 0.05) is 12.1 Å².